The number of benzene rings is 1. The van der Waals surface area contributed by atoms with Gasteiger partial charge in [-0.05, 0) is 42.9 Å². The molecule has 0 aliphatic rings. The van der Waals surface area contributed by atoms with Crippen LogP contribution in [0.2, 0.25) is 0 Å². The fraction of sp³-hybridized carbons (Fsp3) is 0.143. The van der Waals surface area contributed by atoms with E-state index in [1.807, 2.05) is 35.9 Å². The minimum Gasteiger partial charge on any atom is -0.328 e. The van der Waals surface area contributed by atoms with Gasteiger partial charge in [-0.3, -0.25) is 4.98 Å². The van der Waals surface area contributed by atoms with Crippen LogP contribution in [-0.4, -0.2) is 14.5 Å². The van der Waals surface area contributed by atoms with E-state index >= 15 is 0 Å². The lowest BCUT2D eigenvalue weighted by Gasteiger charge is -2.05. The number of pyridine rings is 1. The zero-order valence-electron chi connectivity index (χ0n) is 10.4. The molecule has 96 valence electrons. The molecular formula is C14H12FN3S. The fourth-order valence-electron chi connectivity index (χ4n) is 2.08. The number of aromatic amines is 1. The van der Waals surface area contributed by atoms with Crippen molar-refractivity contribution in [1.29, 1.82) is 0 Å². The SMILES string of the molecule is Cc1ccc(Cn2c(=S)[nH]c3c(F)cccc32)cn1. The smallest absolute Gasteiger partial charge is 0.178 e. The van der Waals surface area contributed by atoms with Gasteiger partial charge in [-0.25, -0.2) is 4.39 Å². The Morgan fingerprint density at radius 2 is 2.16 bits per heavy atom. The number of hydrogen-bond donors (Lipinski definition) is 1. The summed E-state index contributed by atoms with van der Waals surface area (Å²) < 4.78 is 16.1. The molecule has 3 aromatic rings. The van der Waals surface area contributed by atoms with Gasteiger partial charge in [0.05, 0.1) is 12.1 Å². The summed E-state index contributed by atoms with van der Waals surface area (Å²) in [7, 11) is 0. The lowest BCUT2D eigenvalue weighted by Crippen LogP contribution is -2.00. The normalized spacial score (nSPS) is 11.1. The van der Waals surface area contributed by atoms with Gasteiger partial charge in [-0.2, -0.15) is 0 Å². The van der Waals surface area contributed by atoms with Gasteiger partial charge in [0, 0.05) is 11.9 Å². The minimum atomic E-state index is -0.288. The van der Waals surface area contributed by atoms with Gasteiger partial charge in [-0.15, -0.1) is 0 Å². The number of nitrogens with one attached hydrogen (secondary N) is 1. The number of nitrogens with zero attached hydrogens (tertiary/aromatic N) is 2. The van der Waals surface area contributed by atoms with Gasteiger partial charge in [0.1, 0.15) is 11.3 Å². The summed E-state index contributed by atoms with van der Waals surface area (Å²) in [6.07, 6.45) is 1.81. The van der Waals surface area contributed by atoms with Crippen LogP contribution in [0.5, 0.6) is 0 Å². The predicted molar refractivity (Wildman–Crippen MR) is 75.2 cm³/mol. The molecule has 0 aliphatic carbocycles. The van der Waals surface area contributed by atoms with Gasteiger partial charge in [0.2, 0.25) is 0 Å². The van der Waals surface area contributed by atoms with E-state index in [1.165, 1.54) is 6.07 Å². The standard InChI is InChI=1S/C14H12FN3S/c1-9-5-6-10(7-16-9)8-18-12-4-2-3-11(15)13(12)17-14(18)19/h2-7H,8H2,1H3,(H,17,19). The first-order valence-electron chi connectivity index (χ1n) is 5.94. The summed E-state index contributed by atoms with van der Waals surface area (Å²) in [5.41, 5.74) is 3.22. The van der Waals surface area contributed by atoms with Gasteiger partial charge >= 0.3 is 0 Å². The van der Waals surface area contributed by atoms with Crippen LogP contribution in [0, 0.1) is 17.5 Å². The summed E-state index contributed by atoms with van der Waals surface area (Å²) in [5, 5.41) is 0. The van der Waals surface area contributed by atoms with Crippen LogP contribution in [0.3, 0.4) is 0 Å². The molecular weight excluding hydrogens is 261 g/mol. The van der Waals surface area contributed by atoms with E-state index in [9.17, 15) is 4.39 Å². The first kappa shape index (κ1) is 12.0. The third kappa shape index (κ3) is 2.17. The summed E-state index contributed by atoms with van der Waals surface area (Å²) in [6.45, 7) is 2.52. The van der Waals surface area contributed by atoms with E-state index in [2.05, 4.69) is 9.97 Å². The van der Waals surface area contributed by atoms with E-state index in [4.69, 9.17) is 12.2 Å². The Bertz CT molecular complexity index is 787. The molecule has 3 nitrogen and oxygen atoms in total. The molecule has 0 atom stereocenters. The Balaban J connectivity index is 2.10. The van der Waals surface area contributed by atoms with Crippen LogP contribution in [0.4, 0.5) is 4.39 Å². The van der Waals surface area contributed by atoms with Crippen molar-refractivity contribution in [2.45, 2.75) is 13.5 Å². The Hall–Kier alpha value is -2.01. The number of imidazole rings is 1. The van der Waals surface area contributed by atoms with Crippen molar-refractivity contribution in [1.82, 2.24) is 14.5 Å². The molecule has 0 bridgehead atoms. The largest absolute Gasteiger partial charge is 0.328 e. The number of aromatic nitrogens is 3. The van der Waals surface area contributed by atoms with Crippen LogP contribution >= 0.6 is 12.2 Å². The molecule has 0 aliphatic heterocycles. The highest BCUT2D eigenvalue weighted by atomic mass is 32.1. The van der Waals surface area contributed by atoms with Gasteiger partial charge in [0.15, 0.2) is 4.77 Å². The van der Waals surface area contributed by atoms with Gasteiger partial charge in [-0.1, -0.05) is 12.1 Å². The molecule has 5 heteroatoms. The average Bonchev–Trinajstić information content (AvgIpc) is 2.71. The summed E-state index contributed by atoms with van der Waals surface area (Å²) in [5.74, 6) is -0.288. The van der Waals surface area contributed by atoms with Crippen LogP contribution < -0.4 is 0 Å². The Morgan fingerprint density at radius 3 is 2.89 bits per heavy atom. The predicted octanol–water partition coefficient (Wildman–Crippen LogP) is 3.59. The Labute approximate surface area is 114 Å². The van der Waals surface area contributed by atoms with Crippen molar-refractivity contribution in [3.05, 3.63) is 58.4 Å². The van der Waals surface area contributed by atoms with Crippen LogP contribution in [0.1, 0.15) is 11.3 Å². The lowest BCUT2D eigenvalue weighted by molar-refractivity contribution is 0.637. The maximum absolute atomic E-state index is 13.7. The molecule has 2 heterocycles. The van der Waals surface area contributed by atoms with E-state index < -0.39 is 0 Å². The summed E-state index contributed by atoms with van der Waals surface area (Å²) in [6, 6.07) is 8.92. The first-order chi connectivity index (χ1) is 9.15. The molecule has 0 saturated carbocycles. The number of hydrogen-bond acceptors (Lipinski definition) is 2. The highest BCUT2D eigenvalue weighted by molar-refractivity contribution is 7.71. The second kappa shape index (κ2) is 4.59. The van der Waals surface area contributed by atoms with E-state index in [-0.39, 0.29) is 5.82 Å². The van der Waals surface area contributed by atoms with Crippen LogP contribution in [-0.2, 0) is 6.54 Å². The van der Waals surface area contributed by atoms with Gasteiger partial charge in [0.25, 0.3) is 0 Å². The number of para-hydroxylation sites is 1. The van der Waals surface area contributed by atoms with Crippen molar-refractivity contribution < 1.29 is 4.39 Å². The molecule has 0 unspecified atom stereocenters. The first-order valence-corrected chi connectivity index (χ1v) is 6.34. The summed E-state index contributed by atoms with van der Waals surface area (Å²) >= 11 is 5.26. The monoisotopic (exact) mass is 273 g/mol. The van der Waals surface area contributed by atoms with Crippen molar-refractivity contribution in [3.63, 3.8) is 0 Å². The second-order valence-corrected chi connectivity index (χ2v) is 4.84. The van der Waals surface area contributed by atoms with E-state index in [1.54, 1.807) is 6.07 Å². The van der Waals surface area contributed by atoms with Crippen LogP contribution in [0.15, 0.2) is 36.5 Å². The zero-order valence-corrected chi connectivity index (χ0v) is 11.2. The number of aryl methyl sites for hydroxylation is 1. The molecule has 19 heavy (non-hydrogen) atoms. The van der Waals surface area contributed by atoms with Crippen molar-refractivity contribution >= 4 is 23.3 Å². The number of halogens is 1. The molecule has 0 fully saturated rings. The third-order valence-corrected chi connectivity index (χ3v) is 3.40. The lowest BCUT2D eigenvalue weighted by atomic mass is 10.2. The topological polar surface area (TPSA) is 33.6 Å². The number of H-pyrrole nitrogens is 1. The Kier molecular flexibility index (Phi) is 2.91. The second-order valence-electron chi connectivity index (χ2n) is 4.46. The molecule has 1 N–H and O–H groups in total. The minimum absolute atomic E-state index is 0.288. The molecule has 0 saturated heterocycles. The molecule has 2 aromatic heterocycles. The van der Waals surface area contributed by atoms with E-state index in [0.717, 1.165) is 16.8 Å². The molecule has 3 rings (SSSR count). The maximum atomic E-state index is 13.7. The van der Waals surface area contributed by atoms with Gasteiger partial charge < -0.3 is 9.55 Å². The Morgan fingerprint density at radius 1 is 1.32 bits per heavy atom. The average molecular weight is 273 g/mol. The quantitative estimate of drug-likeness (QED) is 0.724. The third-order valence-electron chi connectivity index (χ3n) is 3.07. The molecule has 1 aromatic carbocycles. The van der Waals surface area contributed by atoms with Crippen molar-refractivity contribution in [2.24, 2.45) is 0 Å². The van der Waals surface area contributed by atoms with Crippen LogP contribution in [0.25, 0.3) is 11.0 Å². The number of rotatable bonds is 2. The van der Waals surface area contributed by atoms with Crippen molar-refractivity contribution in [3.8, 4) is 0 Å². The molecule has 0 radical (unpaired) electrons. The molecule has 0 spiro atoms. The van der Waals surface area contributed by atoms with E-state index in [0.29, 0.717) is 16.8 Å². The maximum Gasteiger partial charge on any atom is 0.178 e. The summed E-state index contributed by atoms with van der Waals surface area (Å²) in [4.78, 5) is 7.16. The zero-order chi connectivity index (χ0) is 13.4. The number of fused-ring (bicyclic) bond motifs is 1. The fourth-order valence-corrected chi connectivity index (χ4v) is 2.34. The molecule has 0 amide bonds. The highest BCUT2D eigenvalue weighted by Crippen LogP contribution is 2.18. The van der Waals surface area contributed by atoms with Crippen molar-refractivity contribution in [2.75, 3.05) is 0 Å². The highest BCUT2D eigenvalue weighted by Gasteiger charge is 2.08.